The first kappa shape index (κ1) is 12.6. The molecule has 0 radical (unpaired) electrons. The van der Waals surface area contributed by atoms with Crippen molar-refractivity contribution in [1.29, 1.82) is 0 Å². The standard InChI is InChI=1S/C12H14F2N4/c1-7-4-5-8(13)10(11(7)14)12(15-2)9-6-16-17-18(9)3/h4-6,12,15H,1-3H3. The van der Waals surface area contributed by atoms with Crippen LogP contribution < -0.4 is 5.32 Å². The van der Waals surface area contributed by atoms with Crippen molar-refractivity contribution in [3.63, 3.8) is 0 Å². The molecule has 0 aliphatic rings. The van der Waals surface area contributed by atoms with Crippen LogP contribution in [-0.2, 0) is 7.05 Å². The molecule has 1 unspecified atom stereocenters. The summed E-state index contributed by atoms with van der Waals surface area (Å²) >= 11 is 0. The third-order valence-electron chi connectivity index (χ3n) is 2.94. The minimum absolute atomic E-state index is 0.0112. The molecule has 1 aromatic heterocycles. The van der Waals surface area contributed by atoms with Gasteiger partial charge in [-0.05, 0) is 25.6 Å². The van der Waals surface area contributed by atoms with Crippen LogP contribution in [0.5, 0.6) is 0 Å². The van der Waals surface area contributed by atoms with E-state index in [1.807, 2.05) is 0 Å². The van der Waals surface area contributed by atoms with E-state index in [4.69, 9.17) is 0 Å². The summed E-state index contributed by atoms with van der Waals surface area (Å²) in [7, 11) is 3.32. The highest BCUT2D eigenvalue weighted by atomic mass is 19.1. The van der Waals surface area contributed by atoms with Gasteiger partial charge < -0.3 is 5.32 Å². The van der Waals surface area contributed by atoms with E-state index in [1.165, 1.54) is 23.0 Å². The first-order valence-corrected chi connectivity index (χ1v) is 5.52. The molecule has 96 valence electrons. The molecule has 0 fully saturated rings. The molecule has 0 saturated heterocycles. The Labute approximate surface area is 104 Å². The van der Waals surface area contributed by atoms with Crippen LogP contribution >= 0.6 is 0 Å². The van der Waals surface area contributed by atoms with Crippen LogP contribution in [0.3, 0.4) is 0 Å². The Balaban J connectivity index is 2.59. The lowest BCUT2D eigenvalue weighted by Crippen LogP contribution is -2.23. The smallest absolute Gasteiger partial charge is 0.134 e. The molecule has 1 heterocycles. The van der Waals surface area contributed by atoms with Gasteiger partial charge in [0.25, 0.3) is 0 Å². The second kappa shape index (κ2) is 4.81. The summed E-state index contributed by atoms with van der Waals surface area (Å²) in [5.74, 6) is -1.13. The Morgan fingerprint density at radius 3 is 2.61 bits per heavy atom. The molecule has 2 rings (SSSR count). The normalized spacial score (nSPS) is 12.7. The Bertz CT molecular complexity index is 565. The molecule has 6 heteroatoms. The van der Waals surface area contributed by atoms with Crippen molar-refractivity contribution in [2.45, 2.75) is 13.0 Å². The third-order valence-corrected chi connectivity index (χ3v) is 2.94. The van der Waals surface area contributed by atoms with Crippen LogP contribution in [0.1, 0.15) is 22.9 Å². The lowest BCUT2D eigenvalue weighted by atomic mass is 10.0. The predicted molar refractivity (Wildman–Crippen MR) is 63.0 cm³/mol. The Kier molecular flexibility index (Phi) is 3.38. The molecule has 0 spiro atoms. The van der Waals surface area contributed by atoms with Crippen molar-refractivity contribution in [1.82, 2.24) is 20.3 Å². The Hall–Kier alpha value is -1.82. The lowest BCUT2D eigenvalue weighted by molar-refractivity contribution is 0.502. The molecule has 1 aromatic carbocycles. The van der Waals surface area contributed by atoms with E-state index >= 15 is 0 Å². The highest BCUT2D eigenvalue weighted by Crippen LogP contribution is 2.27. The largest absolute Gasteiger partial charge is 0.308 e. The number of aryl methyl sites for hydroxylation is 2. The molecular weight excluding hydrogens is 238 g/mol. The summed E-state index contributed by atoms with van der Waals surface area (Å²) in [6, 6.07) is 2.06. The first-order valence-electron chi connectivity index (χ1n) is 5.52. The van der Waals surface area contributed by atoms with Crippen LogP contribution in [-0.4, -0.2) is 22.0 Å². The number of rotatable bonds is 3. The second-order valence-corrected chi connectivity index (χ2v) is 4.10. The topological polar surface area (TPSA) is 42.7 Å². The molecular formula is C12H14F2N4. The van der Waals surface area contributed by atoms with E-state index < -0.39 is 17.7 Å². The van der Waals surface area contributed by atoms with Crippen LogP contribution in [0.2, 0.25) is 0 Å². The van der Waals surface area contributed by atoms with E-state index in [2.05, 4.69) is 15.6 Å². The number of hydrogen-bond donors (Lipinski definition) is 1. The van der Waals surface area contributed by atoms with Gasteiger partial charge in [-0.2, -0.15) is 0 Å². The molecule has 1 atom stereocenters. The summed E-state index contributed by atoms with van der Waals surface area (Å²) in [5, 5.41) is 10.4. The quantitative estimate of drug-likeness (QED) is 0.904. The van der Waals surface area contributed by atoms with Crippen LogP contribution in [0, 0.1) is 18.6 Å². The summed E-state index contributed by atoms with van der Waals surface area (Å²) in [4.78, 5) is 0. The molecule has 0 aliphatic heterocycles. The molecule has 4 nitrogen and oxygen atoms in total. The van der Waals surface area contributed by atoms with E-state index in [-0.39, 0.29) is 5.56 Å². The Morgan fingerprint density at radius 2 is 2.06 bits per heavy atom. The molecule has 1 N–H and O–H groups in total. The van der Waals surface area contributed by atoms with Crippen molar-refractivity contribution in [2.24, 2.45) is 7.05 Å². The number of benzene rings is 1. The number of aromatic nitrogens is 3. The minimum Gasteiger partial charge on any atom is -0.308 e. The van der Waals surface area contributed by atoms with Gasteiger partial charge in [-0.25, -0.2) is 8.78 Å². The number of hydrogen-bond acceptors (Lipinski definition) is 3. The zero-order chi connectivity index (χ0) is 13.3. The van der Waals surface area contributed by atoms with Gasteiger partial charge in [-0.1, -0.05) is 11.3 Å². The van der Waals surface area contributed by atoms with E-state index in [1.54, 1.807) is 21.0 Å². The van der Waals surface area contributed by atoms with Gasteiger partial charge in [0.2, 0.25) is 0 Å². The van der Waals surface area contributed by atoms with Crippen molar-refractivity contribution < 1.29 is 8.78 Å². The summed E-state index contributed by atoms with van der Waals surface area (Å²) in [6.45, 7) is 1.60. The maximum atomic E-state index is 14.1. The summed E-state index contributed by atoms with van der Waals surface area (Å²) < 4.78 is 29.4. The van der Waals surface area contributed by atoms with Gasteiger partial charge >= 0.3 is 0 Å². The number of nitrogens with zero attached hydrogens (tertiary/aromatic N) is 3. The monoisotopic (exact) mass is 252 g/mol. The third kappa shape index (κ3) is 1.99. The van der Waals surface area contributed by atoms with Gasteiger partial charge in [0, 0.05) is 12.6 Å². The lowest BCUT2D eigenvalue weighted by Gasteiger charge is -2.18. The average Bonchev–Trinajstić information content (AvgIpc) is 2.76. The fourth-order valence-corrected chi connectivity index (χ4v) is 1.94. The van der Waals surface area contributed by atoms with Crippen molar-refractivity contribution in [3.8, 4) is 0 Å². The second-order valence-electron chi connectivity index (χ2n) is 4.10. The fraction of sp³-hybridized carbons (Fsp3) is 0.333. The minimum atomic E-state index is -0.620. The van der Waals surface area contributed by atoms with Gasteiger partial charge in [-0.3, -0.25) is 4.68 Å². The highest BCUT2D eigenvalue weighted by Gasteiger charge is 2.24. The van der Waals surface area contributed by atoms with Gasteiger partial charge in [-0.15, -0.1) is 5.10 Å². The maximum absolute atomic E-state index is 14.1. The molecule has 2 aromatic rings. The number of halogens is 2. The number of nitrogens with one attached hydrogen (secondary N) is 1. The van der Waals surface area contributed by atoms with Crippen molar-refractivity contribution >= 4 is 0 Å². The first-order chi connectivity index (χ1) is 8.56. The molecule has 0 aliphatic carbocycles. The van der Waals surface area contributed by atoms with Crippen LogP contribution in [0.25, 0.3) is 0 Å². The highest BCUT2D eigenvalue weighted by molar-refractivity contribution is 5.33. The Morgan fingerprint density at radius 1 is 1.33 bits per heavy atom. The van der Waals surface area contributed by atoms with Gasteiger partial charge in [0.1, 0.15) is 11.6 Å². The van der Waals surface area contributed by atoms with E-state index in [9.17, 15) is 8.78 Å². The maximum Gasteiger partial charge on any atom is 0.134 e. The van der Waals surface area contributed by atoms with Gasteiger partial charge in [0.15, 0.2) is 0 Å². The zero-order valence-electron chi connectivity index (χ0n) is 10.4. The molecule has 18 heavy (non-hydrogen) atoms. The summed E-state index contributed by atoms with van der Waals surface area (Å²) in [5.41, 5.74) is 0.991. The van der Waals surface area contributed by atoms with Crippen LogP contribution in [0.4, 0.5) is 8.78 Å². The summed E-state index contributed by atoms with van der Waals surface area (Å²) in [6.07, 6.45) is 1.49. The molecule has 0 saturated carbocycles. The van der Waals surface area contributed by atoms with Crippen molar-refractivity contribution in [3.05, 3.63) is 46.8 Å². The van der Waals surface area contributed by atoms with Crippen LogP contribution in [0.15, 0.2) is 18.3 Å². The van der Waals surface area contributed by atoms with E-state index in [0.29, 0.717) is 11.3 Å². The predicted octanol–water partition coefficient (Wildman–Crippen LogP) is 1.71. The SMILES string of the molecule is CNC(c1c(F)ccc(C)c1F)c1cnnn1C. The average molecular weight is 252 g/mol. The van der Waals surface area contributed by atoms with Gasteiger partial charge in [0.05, 0.1) is 17.9 Å². The fourth-order valence-electron chi connectivity index (χ4n) is 1.94. The van der Waals surface area contributed by atoms with E-state index in [0.717, 1.165) is 0 Å². The zero-order valence-corrected chi connectivity index (χ0v) is 10.4. The molecule has 0 amide bonds. The molecule has 0 bridgehead atoms. The van der Waals surface area contributed by atoms with Crippen molar-refractivity contribution in [2.75, 3.05) is 7.05 Å².